The second-order valence-corrected chi connectivity index (χ2v) is 3.36. The maximum absolute atomic E-state index is 5.77. The first kappa shape index (κ1) is 6.86. The molecule has 0 radical (unpaired) electrons. The minimum Gasteiger partial charge on any atom is -0.327 e. The normalized spacial score (nSPS) is 28.5. The summed E-state index contributed by atoms with van der Waals surface area (Å²) in [5.74, 6) is 0.649. The summed E-state index contributed by atoms with van der Waals surface area (Å²) in [6.07, 6.45) is 1.17. The van der Waals surface area contributed by atoms with Crippen LogP contribution in [0.2, 0.25) is 0 Å². The van der Waals surface area contributed by atoms with Gasteiger partial charge in [0, 0.05) is 12.0 Å². The molecule has 0 spiro atoms. The Balaban J connectivity index is 2.31. The molecular formula is C10H13N. The largest absolute Gasteiger partial charge is 0.327 e. The topological polar surface area (TPSA) is 26.0 Å². The average molecular weight is 147 g/mol. The van der Waals surface area contributed by atoms with Gasteiger partial charge >= 0.3 is 0 Å². The van der Waals surface area contributed by atoms with Crippen molar-refractivity contribution < 1.29 is 0 Å². The van der Waals surface area contributed by atoms with Crippen LogP contribution in [0.25, 0.3) is 0 Å². The lowest BCUT2D eigenvalue weighted by Crippen LogP contribution is -2.01. The van der Waals surface area contributed by atoms with E-state index in [0.29, 0.717) is 12.0 Å². The number of hydrogen-bond acceptors (Lipinski definition) is 1. The van der Waals surface area contributed by atoms with E-state index in [2.05, 4.69) is 31.2 Å². The highest BCUT2D eigenvalue weighted by atomic mass is 14.7. The molecule has 0 aromatic heterocycles. The Labute approximate surface area is 67.2 Å². The Morgan fingerprint density at radius 1 is 1.36 bits per heavy atom. The lowest BCUT2D eigenvalue weighted by molar-refractivity contribution is 0.980. The number of rotatable bonds is 1. The molecule has 58 valence electrons. The molecule has 1 nitrogen and oxygen atoms in total. The third-order valence-corrected chi connectivity index (χ3v) is 2.43. The van der Waals surface area contributed by atoms with Gasteiger partial charge in [-0.2, -0.15) is 0 Å². The van der Waals surface area contributed by atoms with Crippen LogP contribution in [0.1, 0.15) is 23.5 Å². The van der Waals surface area contributed by atoms with E-state index < -0.39 is 0 Å². The molecule has 1 aliphatic rings. The van der Waals surface area contributed by atoms with Gasteiger partial charge in [-0.1, -0.05) is 24.3 Å². The molecule has 1 aromatic rings. The number of benzene rings is 1. The molecule has 0 heterocycles. The Morgan fingerprint density at radius 3 is 2.55 bits per heavy atom. The Kier molecular flexibility index (Phi) is 1.46. The molecule has 1 aromatic carbocycles. The lowest BCUT2D eigenvalue weighted by atomic mass is 10.0. The second kappa shape index (κ2) is 2.35. The van der Waals surface area contributed by atoms with E-state index in [0.717, 1.165) is 0 Å². The molecule has 2 atom stereocenters. The van der Waals surface area contributed by atoms with Gasteiger partial charge in [0.15, 0.2) is 0 Å². The molecular weight excluding hydrogens is 134 g/mol. The molecule has 1 aliphatic carbocycles. The fourth-order valence-electron chi connectivity index (χ4n) is 1.58. The van der Waals surface area contributed by atoms with Crippen LogP contribution in [-0.2, 0) is 0 Å². The van der Waals surface area contributed by atoms with Crippen LogP contribution in [0.15, 0.2) is 24.3 Å². The minimum atomic E-state index is 0.427. The molecule has 0 saturated heterocycles. The number of nitrogens with two attached hydrogens (primary N) is 1. The first-order chi connectivity index (χ1) is 5.29. The van der Waals surface area contributed by atoms with Gasteiger partial charge in [0.1, 0.15) is 0 Å². The highest BCUT2D eigenvalue weighted by molar-refractivity contribution is 5.34. The van der Waals surface area contributed by atoms with Gasteiger partial charge in [-0.25, -0.2) is 0 Å². The molecule has 0 aliphatic heterocycles. The van der Waals surface area contributed by atoms with Gasteiger partial charge in [0.25, 0.3) is 0 Å². The van der Waals surface area contributed by atoms with Crippen molar-refractivity contribution in [2.24, 2.45) is 5.73 Å². The Bertz CT molecular complexity index is 267. The third kappa shape index (κ3) is 1.16. The van der Waals surface area contributed by atoms with Crippen molar-refractivity contribution in [2.45, 2.75) is 25.3 Å². The maximum Gasteiger partial charge on any atom is 0.0115 e. The molecule has 1 heteroatoms. The van der Waals surface area contributed by atoms with Gasteiger partial charge in [-0.3, -0.25) is 0 Å². The molecule has 1 fully saturated rings. The summed E-state index contributed by atoms with van der Waals surface area (Å²) in [7, 11) is 0. The van der Waals surface area contributed by atoms with Crippen LogP contribution in [0.5, 0.6) is 0 Å². The van der Waals surface area contributed by atoms with Crippen molar-refractivity contribution in [3.8, 4) is 0 Å². The monoisotopic (exact) mass is 147 g/mol. The predicted molar refractivity (Wildman–Crippen MR) is 46.5 cm³/mol. The van der Waals surface area contributed by atoms with E-state index in [-0.39, 0.29) is 0 Å². The molecule has 1 saturated carbocycles. The second-order valence-electron chi connectivity index (χ2n) is 3.36. The van der Waals surface area contributed by atoms with Crippen LogP contribution in [0.3, 0.4) is 0 Å². The van der Waals surface area contributed by atoms with Crippen LogP contribution in [-0.4, -0.2) is 6.04 Å². The number of hydrogen-bond donors (Lipinski definition) is 1. The molecule has 11 heavy (non-hydrogen) atoms. The first-order valence-electron chi connectivity index (χ1n) is 4.10. The zero-order valence-electron chi connectivity index (χ0n) is 6.75. The summed E-state index contributed by atoms with van der Waals surface area (Å²) in [5, 5.41) is 0. The first-order valence-corrected chi connectivity index (χ1v) is 4.10. The fraction of sp³-hybridized carbons (Fsp3) is 0.400. The van der Waals surface area contributed by atoms with Gasteiger partial charge in [-0.15, -0.1) is 0 Å². The quantitative estimate of drug-likeness (QED) is 0.644. The lowest BCUT2D eigenvalue weighted by Gasteiger charge is -2.01. The van der Waals surface area contributed by atoms with Crippen molar-refractivity contribution >= 4 is 0 Å². The zero-order valence-corrected chi connectivity index (χ0v) is 6.75. The van der Waals surface area contributed by atoms with Gasteiger partial charge < -0.3 is 5.73 Å². The van der Waals surface area contributed by atoms with Crippen molar-refractivity contribution in [3.05, 3.63) is 35.4 Å². The SMILES string of the molecule is Cc1ccccc1[C@@H]1C[C@@H]1N. The summed E-state index contributed by atoms with van der Waals surface area (Å²) < 4.78 is 0. The summed E-state index contributed by atoms with van der Waals surface area (Å²) in [6.45, 7) is 2.15. The highest BCUT2D eigenvalue weighted by Crippen LogP contribution is 2.40. The van der Waals surface area contributed by atoms with Gasteiger partial charge in [0.05, 0.1) is 0 Å². The van der Waals surface area contributed by atoms with Crippen LogP contribution >= 0.6 is 0 Å². The zero-order chi connectivity index (χ0) is 7.84. The predicted octanol–water partition coefficient (Wildman–Crippen LogP) is 1.81. The Hall–Kier alpha value is -0.820. The summed E-state index contributed by atoms with van der Waals surface area (Å²) in [6, 6.07) is 8.93. The van der Waals surface area contributed by atoms with E-state index in [9.17, 15) is 0 Å². The third-order valence-electron chi connectivity index (χ3n) is 2.43. The Morgan fingerprint density at radius 2 is 2.00 bits per heavy atom. The van der Waals surface area contributed by atoms with Crippen LogP contribution < -0.4 is 5.73 Å². The van der Waals surface area contributed by atoms with E-state index in [1.807, 2.05) is 0 Å². The maximum atomic E-state index is 5.77. The number of aryl methyl sites for hydroxylation is 1. The van der Waals surface area contributed by atoms with E-state index >= 15 is 0 Å². The molecule has 2 N–H and O–H groups in total. The average Bonchev–Trinajstić information content (AvgIpc) is 2.68. The van der Waals surface area contributed by atoms with Gasteiger partial charge in [0.2, 0.25) is 0 Å². The van der Waals surface area contributed by atoms with E-state index in [1.165, 1.54) is 17.5 Å². The molecule has 2 rings (SSSR count). The highest BCUT2D eigenvalue weighted by Gasteiger charge is 2.35. The van der Waals surface area contributed by atoms with Crippen molar-refractivity contribution in [1.29, 1.82) is 0 Å². The standard InChI is InChI=1S/C10H13N/c1-7-4-2-3-5-8(7)9-6-10(9)11/h2-5,9-10H,6,11H2,1H3/t9-,10-/m0/s1. The molecule has 0 bridgehead atoms. The van der Waals surface area contributed by atoms with E-state index in [4.69, 9.17) is 5.73 Å². The van der Waals surface area contributed by atoms with Crippen LogP contribution in [0, 0.1) is 6.92 Å². The van der Waals surface area contributed by atoms with Crippen molar-refractivity contribution in [3.63, 3.8) is 0 Å². The van der Waals surface area contributed by atoms with E-state index in [1.54, 1.807) is 0 Å². The van der Waals surface area contributed by atoms with Crippen molar-refractivity contribution in [2.75, 3.05) is 0 Å². The molecule has 0 amide bonds. The van der Waals surface area contributed by atoms with Gasteiger partial charge in [-0.05, 0) is 24.5 Å². The summed E-state index contributed by atoms with van der Waals surface area (Å²) >= 11 is 0. The van der Waals surface area contributed by atoms with Crippen LogP contribution in [0.4, 0.5) is 0 Å². The molecule has 0 unspecified atom stereocenters. The minimum absolute atomic E-state index is 0.427. The summed E-state index contributed by atoms with van der Waals surface area (Å²) in [4.78, 5) is 0. The smallest absolute Gasteiger partial charge is 0.0115 e. The van der Waals surface area contributed by atoms with Crippen molar-refractivity contribution in [1.82, 2.24) is 0 Å². The fourth-order valence-corrected chi connectivity index (χ4v) is 1.58. The summed E-state index contributed by atoms with van der Waals surface area (Å²) in [5.41, 5.74) is 8.59.